The van der Waals surface area contributed by atoms with Crippen LogP contribution in [0.4, 0.5) is 0 Å². The number of aryl methyl sites for hydroxylation is 1. The molecule has 0 bridgehead atoms. The molecule has 0 spiro atoms. The molecule has 2 heteroatoms. The average Bonchev–Trinajstić information content (AvgIpc) is 2.54. The van der Waals surface area contributed by atoms with Crippen LogP contribution in [-0.4, -0.2) is 14.7 Å². The van der Waals surface area contributed by atoms with Gasteiger partial charge in [0.05, 0.1) is 0 Å². The van der Waals surface area contributed by atoms with Crippen LogP contribution in [0.25, 0.3) is 0 Å². The molecule has 104 valence electrons. The van der Waals surface area contributed by atoms with Crippen LogP contribution in [0.15, 0.2) is 78.9 Å². The van der Waals surface area contributed by atoms with E-state index in [1.807, 2.05) is 0 Å². The summed E-state index contributed by atoms with van der Waals surface area (Å²) in [5.74, 6) is 0. The molecule has 3 aromatic carbocycles. The topological polar surface area (TPSA) is 0 Å². The van der Waals surface area contributed by atoms with E-state index < -0.39 is 14.7 Å². The Morgan fingerprint density at radius 1 is 0.667 bits per heavy atom. The van der Waals surface area contributed by atoms with Crippen molar-refractivity contribution < 1.29 is 0 Å². The van der Waals surface area contributed by atoms with Crippen LogP contribution < -0.4 is 13.1 Å². The molecule has 0 fully saturated rings. The summed E-state index contributed by atoms with van der Waals surface area (Å²) in [7, 11) is 0. The Morgan fingerprint density at radius 2 is 1.19 bits per heavy atom. The van der Waals surface area contributed by atoms with Crippen molar-refractivity contribution in [2.24, 2.45) is 0 Å². The van der Waals surface area contributed by atoms with Gasteiger partial charge in [-0.1, -0.05) is 0 Å². The van der Waals surface area contributed by atoms with E-state index >= 15 is 0 Å². The third-order valence-electron chi connectivity index (χ3n) is 3.44. The normalized spacial score (nSPS) is 10.8. The molecule has 0 unspecified atom stereocenters. The molecule has 0 radical (unpaired) electrons. The van der Waals surface area contributed by atoms with Gasteiger partial charge in [-0.3, -0.25) is 0 Å². The van der Waals surface area contributed by atoms with E-state index in [-0.39, 0.29) is 0 Å². The molecule has 0 atom stereocenters. The van der Waals surface area contributed by atoms with Gasteiger partial charge in [0, 0.05) is 0 Å². The van der Waals surface area contributed by atoms with E-state index in [9.17, 15) is 0 Å². The quantitative estimate of drug-likeness (QED) is 0.634. The molecule has 0 amide bonds. The number of benzene rings is 3. The summed E-state index contributed by atoms with van der Waals surface area (Å²) in [6.07, 6.45) is 0. The third kappa shape index (κ3) is 3.07. The predicted molar refractivity (Wildman–Crippen MR) is 93.7 cm³/mol. The van der Waals surface area contributed by atoms with Crippen molar-refractivity contribution in [2.45, 2.75) is 6.92 Å². The molecule has 21 heavy (non-hydrogen) atoms. The first-order valence-electron chi connectivity index (χ1n) is 6.93. The number of hydrogen-bond donors (Lipinski definition) is 0. The molecule has 0 N–H and O–H groups in total. The van der Waals surface area contributed by atoms with Crippen molar-refractivity contribution in [1.29, 1.82) is 0 Å². The van der Waals surface area contributed by atoms with E-state index in [1.54, 1.807) is 0 Å². The summed E-state index contributed by atoms with van der Waals surface area (Å²) in [4.78, 5) is 0. The van der Waals surface area contributed by atoms with Gasteiger partial charge in [-0.05, 0) is 0 Å². The van der Waals surface area contributed by atoms with Gasteiger partial charge in [0.15, 0.2) is 0 Å². The number of hydrogen-bond acceptors (Lipinski definition) is 0. The minimum atomic E-state index is -1.59. The van der Waals surface area contributed by atoms with Crippen LogP contribution in [0, 0.1) is 6.92 Å². The molecule has 0 aliphatic heterocycles. The Labute approximate surface area is 135 Å². The average molecular weight is 355 g/mol. The summed E-state index contributed by atoms with van der Waals surface area (Å²) >= 11 is 5.03. The van der Waals surface area contributed by atoms with Crippen molar-refractivity contribution in [1.82, 2.24) is 0 Å². The zero-order valence-corrected chi connectivity index (χ0v) is 14.5. The Balaban J connectivity index is 2.20. The van der Waals surface area contributed by atoms with Gasteiger partial charge < -0.3 is 0 Å². The zero-order valence-electron chi connectivity index (χ0n) is 11.8. The van der Waals surface area contributed by atoms with E-state index in [2.05, 4.69) is 85.8 Å². The fourth-order valence-electron chi connectivity index (χ4n) is 2.39. The van der Waals surface area contributed by atoms with Gasteiger partial charge >= 0.3 is 136 Å². The maximum atomic E-state index is 6.62. The summed E-state index contributed by atoms with van der Waals surface area (Å²) in [5.41, 5.74) is 1.15. The summed E-state index contributed by atoms with van der Waals surface area (Å²) in [6.45, 7) is 2.08. The molecule has 0 aliphatic rings. The third-order valence-corrected chi connectivity index (χ3v) is 9.44. The number of rotatable bonds is 3. The van der Waals surface area contributed by atoms with Crippen LogP contribution in [-0.2, 0) is 0 Å². The first-order chi connectivity index (χ1) is 10.3. The van der Waals surface area contributed by atoms with Crippen LogP contribution in [0.3, 0.4) is 0 Å². The fraction of sp³-hybridized carbons (Fsp3) is 0.0526. The fourth-order valence-corrected chi connectivity index (χ4v) is 7.99. The molecule has 0 saturated carbocycles. The Morgan fingerprint density at radius 3 is 1.71 bits per heavy atom. The second-order valence-electron chi connectivity index (χ2n) is 4.91. The van der Waals surface area contributed by atoms with Crippen molar-refractivity contribution >= 4 is 39.3 Å². The van der Waals surface area contributed by atoms with Gasteiger partial charge in [-0.25, -0.2) is 0 Å². The SMILES string of the molecule is Cc1cccc([As](c2ccccc2)c2ccccc2)c1Cl. The van der Waals surface area contributed by atoms with E-state index in [0.717, 1.165) is 10.6 Å². The molecule has 3 aromatic rings. The van der Waals surface area contributed by atoms with Crippen molar-refractivity contribution in [3.63, 3.8) is 0 Å². The summed E-state index contributed by atoms with van der Waals surface area (Å²) < 4.78 is 4.12. The summed E-state index contributed by atoms with van der Waals surface area (Å²) in [5, 5.41) is 0.921. The van der Waals surface area contributed by atoms with Gasteiger partial charge in [-0.2, -0.15) is 0 Å². The Hall–Kier alpha value is -1.49. The zero-order chi connectivity index (χ0) is 14.7. The molecular formula is C19H16AsCl. The second kappa shape index (κ2) is 6.52. The molecule has 0 nitrogen and oxygen atoms in total. The molecule has 0 saturated heterocycles. The monoisotopic (exact) mass is 354 g/mol. The first kappa shape index (κ1) is 14.4. The van der Waals surface area contributed by atoms with Crippen molar-refractivity contribution in [3.8, 4) is 0 Å². The summed E-state index contributed by atoms with van der Waals surface area (Å²) in [6, 6.07) is 27.9. The van der Waals surface area contributed by atoms with Gasteiger partial charge in [-0.15, -0.1) is 0 Å². The predicted octanol–water partition coefficient (Wildman–Crippen LogP) is 3.16. The Bertz CT molecular complexity index is 684. The van der Waals surface area contributed by atoms with E-state index in [0.29, 0.717) is 0 Å². The van der Waals surface area contributed by atoms with E-state index in [1.165, 1.54) is 13.1 Å². The molecule has 0 heterocycles. The maximum absolute atomic E-state index is 6.62. The molecule has 0 aromatic heterocycles. The van der Waals surface area contributed by atoms with Crippen LogP contribution in [0.2, 0.25) is 5.02 Å². The van der Waals surface area contributed by atoms with Gasteiger partial charge in [0.2, 0.25) is 0 Å². The van der Waals surface area contributed by atoms with Crippen LogP contribution >= 0.6 is 11.6 Å². The van der Waals surface area contributed by atoms with Crippen LogP contribution in [0.5, 0.6) is 0 Å². The van der Waals surface area contributed by atoms with Crippen molar-refractivity contribution in [3.05, 3.63) is 89.4 Å². The van der Waals surface area contributed by atoms with Gasteiger partial charge in [0.25, 0.3) is 0 Å². The first-order valence-corrected chi connectivity index (χ1v) is 10.1. The Kier molecular flexibility index (Phi) is 4.48. The molecular weight excluding hydrogens is 339 g/mol. The van der Waals surface area contributed by atoms with Crippen molar-refractivity contribution in [2.75, 3.05) is 0 Å². The van der Waals surface area contributed by atoms with Crippen LogP contribution in [0.1, 0.15) is 5.56 Å². The molecule has 3 rings (SSSR count). The minimum absolute atomic E-state index is 0.921. The van der Waals surface area contributed by atoms with E-state index in [4.69, 9.17) is 11.6 Å². The standard InChI is InChI=1S/C19H16AsCl/c1-15-9-8-14-18(19(15)21)20(16-10-4-2-5-11-16)17-12-6-3-7-13-17/h2-14H,1H3. The second-order valence-corrected chi connectivity index (χ2v) is 9.88. The molecule has 0 aliphatic carbocycles. The van der Waals surface area contributed by atoms with Gasteiger partial charge in [0.1, 0.15) is 0 Å². The number of halogens is 1.